The van der Waals surface area contributed by atoms with Crippen molar-refractivity contribution >= 4 is 11.8 Å². The van der Waals surface area contributed by atoms with Gasteiger partial charge in [-0.2, -0.15) is 15.6 Å². The third kappa shape index (κ3) is 3.63. The fourth-order valence-electron chi connectivity index (χ4n) is 2.69. The number of methoxy groups -OCH3 is 1. The molecule has 1 aromatic carbocycles. The summed E-state index contributed by atoms with van der Waals surface area (Å²) >= 11 is 0. The van der Waals surface area contributed by atoms with Gasteiger partial charge < -0.3 is 20.2 Å². The predicted molar refractivity (Wildman–Crippen MR) is 101 cm³/mol. The van der Waals surface area contributed by atoms with Gasteiger partial charge in [-0.3, -0.25) is 4.79 Å². The Balaban J connectivity index is 2.02. The Hall–Kier alpha value is -4.57. The minimum Gasteiger partial charge on any atom is -0.471 e. The molecule has 0 aliphatic rings. The summed E-state index contributed by atoms with van der Waals surface area (Å²) in [5.41, 5.74) is 5.32. The number of anilines is 1. The number of benzene rings is 1. The van der Waals surface area contributed by atoms with Crippen molar-refractivity contribution in [2.45, 2.75) is 6.73 Å². The monoisotopic (exact) mass is 390 g/mol. The number of carbonyl (C=O) groups excluding carboxylic acids is 1. The van der Waals surface area contributed by atoms with Crippen LogP contribution in [0.1, 0.15) is 21.6 Å². The third-order valence-corrected chi connectivity index (χ3v) is 4.01. The van der Waals surface area contributed by atoms with Crippen molar-refractivity contribution in [1.82, 2.24) is 14.8 Å². The first-order valence-electron chi connectivity index (χ1n) is 8.20. The topological polar surface area (TPSA) is 160 Å². The summed E-state index contributed by atoms with van der Waals surface area (Å²) in [7, 11) is 1.25. The van der Waals surface area contributed by atoms with Crippen LogP contribution in [0.5, 0.6) is 5.75 Å². The summed E-state index contributed by atoms with van der Waals surface area (Å²) in [5.74, 6) is -0.433. The van der Waals surface area contributed by atoms with Gasteiger partial charge in [0.2, 0.25) is 0 Å². The highest BCUT2D eigenvalue weighted by Gasteiger charge is 2.21. The Kier molecular flexibility index (Phi) is 5.28. The van der Waals surface area contributed by atoms with Crippen molar-refractivity contribution in [3.8, 4) is 29.0 Å². The molecule has 0 fully saturated rings. The number of para-hydroxylation sites is 1. The van der Waals surface area contributed by atoms with Gasteiger partial charge in [0, 0.05) is 17.3 Å². The average molecular weight is 390 g/mol. The first-order chi connectivity index (χ1) is 14.0. The van der Waals surface area contributed by atoms with Crippen molar-refractivity contribution in [2.75, 3.05) is 12.8 Å². The zero-order chi connectivity index (χ0) is 21.0. The van der Waals surface area contributed by atoms with Crippen molar-refractivity contribution in [1.29, 1.82) is 10.5 Å². The number of nitrogen functional groups attached to an aromatic ring is 1. The molecule has 0 radical (unpaired) electrons. The second-order valence-electron chi connectivity index (χ2n) is 5.72. The minimum absolute atomic E-state index is 0.0377. The SMILES string of the molecule is COC(=O)c1ccn(COc2ccccc2-c2c(C#N)c(N)[nH]c(=O)c2C#N)n1. The molecule has 0 saturated heterocycles. The van der Waals surface area contributed by atoms with Gasteiger partial charge >= 0.3 is 5.97 Å². The first-order valence-corrected chi connectivity index (χ1v) is 8.20. The largest absolute Gasteiger partial charge is 0.471 e. The summed E-state index contributed by atoms with van der Waals surface area (Å²) in [4.78, 5) is 25.9. The summed E-state index contributed by atoms with van der Waals surface area (Å²) in [6, 6.07) is 11.8. The number of esters is 1. The van der Waals surface area contributed by atoms with E-state index >= 15 is 0 Å². The van der Waals surface area contributed by atoms with E-state index in [4.69, 9.17) is 10.5 Å². The summed E-state index contributed by atoms with van der Waals surface area (Å²) in [6.07, 6.45) is 1.53. The molecule has 0 spiro atoms. The fraction of sp³-hybridized carbons (Fsp3) is 0.105. The number of ether oxygens (including phenoxy) is 2. The number of aromatic amines is 1. The highest BCUT2D eigenvalue weighted by Crippen LogP contribution is 2.35. The van der Waals surface area contributed by atoms with Crippen LogP contribution in [0.15, 0.2) is 41.3 Å². The number of nitrogens with zero attached hydrogens (tertiary/aromatic N) is 4. The van der Waals surface area contributed by atoms with E-state index in [1.54, 1.807) is 24.3 Å². The molecule has 10 heteroatoms. The number of nitriles is 2. The molecular weight excluding hydrogens is 376 g/mol. The number of hydrogen-bond donors (Lipinski definition) is 2. The van der Waals surface area contributed by atoms with Crippen LogP contribution < -0.4 is 16.0 Å². The average Bonchev–Trinajstić information content (AvgIpc) is 3.20. The van der Waals surface area contributed by atoms with Crippen molar-refractivity contribution in [2.24, 2.45) is 0 Å². The number of rotatable bonds is 5. The van der Waals surface area contributed by atoms with Gasteiger partial charge in [0.25, 0.3) is 5.56 Å². The molecule has 2 heterocycles. The lowest BCUT2D eigenvalue weighted by Crippen LogP contribution is -2.16. The lowest BCUT2D eigenvalue weighted by molar-refractivity contribution is 0.0592. The standard InChI is InChI=1S/C19H14N6O4/c1-28-19(27)14-6-7-25(24-14)10-29-15-5-3-2-4-11(15)16-12(8-20)17(22)23-18(26)13(16)9-21/h2-7H,10H2,1H3,(H3,22,23,26). The molecule has 144 valence electrons. The Morgan fingerprint density at radius 1 is 1.24 bits per heavy atom. The number of nitrogens with one attached hydrogen (secondary N) is 1. The normalized spacial score (nSPS) is 10.0. The molecular formula is C19H14N6O4. The summed E-state index contributed by atoms with van der Waals surface area (Å²) in [6.45, 7) is -0.0730. The maximum absolute atomic E-state index is 12.2. The molecule has 0 aliphatic heterocycles. The van der Waals surface area contributed by atoms with E-state index in [-0.39, 0.29) is 34.9 Å². The van der Waals surface area contributed by atoms with Crippen molar-refractivity contribution in [3.05, 3.63) is 63.7 Å². The molecule has 2 aromatic heterocycles. The molecule has 3 rings (SSSR count). The van der Waals surface area contributed by atoms with Gasteiger partial charge in [-0.1, -0.05) is 18.2 Å². The van der Waals surface area contributed by atoms with Crippen LogP contribution in [0, 0.1) is 22.7 Å². The van der Waals surface area contributed by atoms with E-state index in [0.29, 0.717) is 11.3 Å². The summed E-state index contributed by atoms with van der Waals surface area (Å²) in [5, 5.41) is 22.9. The number of H-pyrrole nitrogens is 1. The van der Waals surface area contributed by atoms with Crippen molar-refractivity contribution in [3.63, 3.8) is 0 Å². The van der Waals surface area contributed by atoms with Gasteiger partial charge in [-0.05, 0) is 12.1 Å². The molecule has 0 aliphatic carbocycles. The van der Waals surface area contributed by atoms with Gasteiger partial charge in [0.05, 0.1) is 7.11 Å². The van der Waals surface area contributed by atoms with Crippen LogP contribution in [0.2, 0.25) is 0 Å². The minimum atomic E-state index is -0.705. The van der Waals surface area contributed by atoms with E-state index in [1.165, 1.54) is 24.1 Å². The third-order valence-electron chi connectivity index (χ3n) is 4.01. The Labute approximate surface area is 164 Å². The van der Waals surface area contributed by atoms with Crippen LogP contribution in [-0.2, 0) is 11.5 Å². The van der Waals surface area contributed by atoms with Crippen LogP contribution >= 0.6 is 0 Å². The van der Waals surface area contributed by atoms with Gasteiger partial charge in [0.1, 0.15) is 34.8 Å². The quantitative estimate of drug-likeness (QED) is 0.618. The number of carbonyl (C=O) groups is 1. The zero-order valence-electron chi connectivity index (χ0n) is 15.2. The number of hydrogen-bond acceptors (Lipinski definition) is 8. The molecule has 0 bridgehead atoms. The van der Waals surface area contributed by atoms with E-state index in [2.05, 4.69) is 14.8 Å². The van der Waals surface area contributed by atoms with E-state index in [1.807, 2.05) is 12.1 Å². The van der Waals surface area contributed by atoms with Crippen molar-refractivity contribution < 1.29 is 14.3 Å². The second kappa shape index (κ2) is 7.98. The van der Waals surface area contributed by atoms with Crippen LogP contribution in [0.3, 0.4) is 0 Å². The Morgan fingerprint density at radius 3 is 2.66 bits per heavy atom. The predicted octanol–water partition coefficient (Wildman–Crippen LogP) is 1.39. The van der Waals surface area contributed by atoms with Gasteiger partial charge in [-0.25, -0.2) is 9.48 Å². The maximum atomic E-state index is 12.2. The highest BCUT2D eigenvalue weighted by atomic mass is 16.5. The fourth-order valence-corrected chi connectivity index (χ4v) is 2.69. The Bertz CT molecular complexity index is 1230. The smallest absolute Gasteiger partial charge is 0.358 e. The van der Waals surface area contributed by atoms with E-state index in [9.17, 15) is 20.1 Å². The number of nitrogens with two attached hydrogens (primary N) is 1. The Morgan fingerprint density at radius 2 is 1.97 bits per heavy atom. The molecule has 29 heavy (non-hydrogen) atoms. The summed E-state index contributed by atoms with van der Waals surface area (Å²) < 4.78 is 11.7. The molecule has 3 aromatic rings. The maximum Gasteiger partial charge on any atom is 0.358 e. The zero-order valence-corrected chi connectivity index (χ0v) is 15.2. The molecule has 0 unspecified atom stereocenters. The number of pyridine rings is 1. The van der Waals surface area contributed by atoms with Crippen LogP contribution in [0.4, 0.5) is 5.82 Å². The van der Waals surface area contributed by atoms with E-state index < -0.39 is 11.5 Å². The highest BCUT2D eigenvalue weighted by molar-refractivity contribution is 5.87. The second-order valence-corrected chi connectivity index (χ2v) is 5.72. The first kappa shape index (κ1) is 19.2. The number of aromatic nitrogens is 3. The molecule has 10 nitrogen and oxygen atoms in total. The van der Waals surface area contributed by atoms with Gasteiger partial charge in [0.15, 0.2) is 12.4 Å². The van der Waals surface area contributed by atoms with E-state index in [0.717, 1.165) is 0 Å². The molecule has 0 amide bonds. The van der Waals surface area contributed by atoms with Crippen LogP contribution in [0.25, 0.3) is 11.1 Å². The molecule has 3 N–H and O–H groups in total. The lowest BCUT2D eigenvalue weighted by Gasteiger charge is -2.14. The lowest BCUT2D eigenvalue weighted by atomic mass is 9.96. The molecule has 0 atom stereocenters. The molecule has 0 saturated carbocycles. The van der Waals surface area contributed by atoms with Crippen LogP contribution in [-0.4, -0.2) is 27.8 Å². The van der Waals surface area contributed by atoms with Gasteiger partial charge in [-0.15, -0.1) is 0 Å².